The van der Waals surface area contributed by atoms with Gasteiger partial charge in [-0.25, -0.2) is 9.78 Å². The van der Waals surface area contributed by atoms with Crippen molar-refractivity contribution in [2.24, 2.45) is 0 Å². The number of halogens is 1. The molecular formula is C11H11ClN4O2. The molecule has 0 fully saturated rings. The van der Waals surface area contributed by atoms with Crippen LogP contribution in [0, 0.1) is 0 Å². The number of nitrogens with two attached hydrogens (primary N) is 1. The van der Waals surface area contributed by atoms with Gasteiger partial charge < -0.3 is 10.5 Å². The third kappa shape index (κ3) is 2.28. The number of H-pyrrole nitrogens is 1. The van der Waals surface area contributed by atoms with E-state index in [0.29, 0.717) is 22.1 Å². The quantitative estimate of drug-likeness (QED) is 0.653. The smallest absolute Gasteiger partial charge is 0.375 e. The Bertz CT molecular complexity index is 582. The Morgan fingerprint density at radius 2 is 2.33 bits per heavy atom. The van der Waals surface area contributed by atoms with E-state index in [2.05, 4.69) is 15.2 Å². The summed E-state index contributed by atoms with van der Waals surface area (Å²) in [5.41, 5.74) is 6.75. The molecule has 94 valence electrons. The topological polar surface area (TPSA) is 93.9 Å². The number of carbonyl (C=O) groups is 1. The Hall–Kier alpha value is -2.08. The van der Waals surface area contributed by atoms with Gasteiger partial charge in [0.05, 0.1) is 17.3 Å². The first-order valence-corrected chi connectivity index (χ1v) is 5.65. The van der Waals surface area contributed by atoms with Crippen molar-refractivity contribution < 1.29 is 9.53 Å². The van der Waals surface area contributed by atoms with Crippen LogP contribution in [0.25, 0.3) is 11.4 Å². The number of nitrogens with zero attached hydrogens (tertiary/aromatic N) is 2. The highest BCUT2D eigenvalue weighted by Gasteiger charge is 2.15. The van der Waals surface area contributed by atoms with Crippen LogP contribution in [0.4, 0.5) is 5.69 Å². The highest BCUT2D eigenvalue weighted by Crippen LogP contribution is 2.28. The molecule has 0 bridgehead atoms. The number of nitrogens with one attached hydrogen (secondary N) is 1. The summed E-state index contributed by atoms with van der Waals surface area (Å²) in [6, 6.07) is 5.12. The van der Waals surface area contributed by atoms with Crippen molar-refractivity contribution in [3.8, 4) is 11.4 Å². The number of rotatable bonds is 3. The van der Waals surface area contributed by atoms with Crippen LogP contribution in [0.15, 0.2) is 18.2 Å². The first-order chi connectivity index (χ1) is 8.63. The molecule has 1 aromatic heterocycles. The maximum absolute atomic E-state index is 11.4. The number of benzene rings is 1. The Labute approximate surface area is 108 Å². The molecule has 6 nitrogen and oxygen atoms in total. The number of anilines is 1. The minimum absolute atomic E-state index is 0.0335. The molecule has 3 N–H and O–H groups in total. The molecule has 2 rings (SSSR count). The van der Waals surface area contributed by atoms with Crippen molar-refractivity contribution >= 4 is 23.3 Å². The summed E-state index contributed by atoms with van der Waals surface area (Å²) in [4.78, 5) is 15.4. The fourth-order valence-electron chi connectivity index (χ4n) is 1.41. The molecule has 1 heterocycles. The maximum atomic E-state index is 11.4. The lowest BCUT2D eigenvalue weighted by molar-refractivity contribution is 0.0512. The molecule has 0 saturated heterocycles. The van der Waals surface area contributed by atoms with Gasteiger partial charge in [-0.1, -0.05) is 17.7 Å². The standard InChI is InChI=1S/C11H11ClN4O2/c1-2-18-11(17)10-14-9(15-16-10)6-4-3-5-7(12)8(6)13/h3-5H,2,13H2,1H3,(H,14,15,16). The fourth-order valence-corrected chi connectivity index (χ4v) is 1.58. The number of hydrogen-bond acceptors (Lipinski definition) is 5. The van der Waals surface area contributed by atoms with Gasteiger partial charge in [-0.3, -0.25) is 5.10 Å². The first-order valence-electron chi connectivity index (χ1n) is 5.27. The van der Waals surface area contributed by atoms with Crippen LogP contribution >= 0.6 is 11.6 Å². The van der Waals surface area contributed by atoms with Crippen molar-refractivity contribution in [3.05, 3.63) is 29.0 Å². The van der Waals surface area contributed by atoms with Gasteiger partial charge in [0.1, 0.15) is 0 Å². The Balaban J connectivity index is 2.35. The molecule has 0 spiro atoms. The zero-order valence-corrected chi connectivity index (χ0v) is 10.4. The summed E-state index contributed by atoms with van der Waals surface area (Å²) in [6.45, 7) is 1.98. The monoisotopic (exact) mass is 266 g/mol. The zero-order valence-electron chi connectivity index (χ0n) is 9.61. The lowest BCUT2D eigenvalue weighted by atomic mass is 10.2. The zero-order chi connectivity index (χ0) is 13.1. The second-order valence-electron chi connectivity index (χ2n) is 3.43. The van der Waals surface area contributed by atoms with Crippen LogP contribution in [0.5, 0.6) is 0 Å². The molecule has 0 saturated carbocycles. The molecule has 18 heavy (non-hydrogen) atoms. The van der Waals surface area contributed by atoms with Crippen LogP contribution in [-0.4, -0.2) is 27.8 Å². The molecule has 7 heteroatoms. The summed E-state index contributed by atoms with van der Waals surface area (Å²) in [7, 11) is 0. The second-order valence-corrected chi connectivity index (χ2v) is 3.84. The van der Waals surface area contributed by atoms with Gasteiger partial charge in [-0.2, -0.15) is 5.10 Å². The Kier molecular flexibility index (Phi) is 3.47. The van der Waals surface area contributed by atoms with Crippen LogP contribution in [0.1, 0.15) is 17.5 Å². The van der Waals surface area contributed by atoms with Gasteiger partial charge in [0.2, 0.25) is 5.82 Å². The highest BCUT2D eigenvalue weighted by molar-refractivity contribution is 6.33. The predicted octanol–water partition coefficient (Wildman–Crippen LogP) is 1.88. The van der Waals surface area contributed by atoms with E-state index in [0.717, 1.165) is 0 Å². The SMILES string of the molecule is CCOC(=O)c1nc(-c2cccc(Cl)c2N)n[nH]1. The van der Waals surface area contributed by atoms with Crippen LogP contribution in [-0.2, 0) is 4.74 Å². The van der Waals surface area contributed by atoms with E-state index in [1.54, 1.807) is 25.1 Å². The van der Waals surface area contributed by atoms with E-state index in [-0.39, 0.29) is 12.4 Å². The van der Waals surface area contributed by atoms with Gasteiger partial charge in [0.25, 0.3) is 0 Å². The second kappa shape index (κ2) is 5.05. The molecule has 0 atom stereocenters. The van der Waals surface area contributed by atoms with Crippen molar-refractivity contribution in [3.63, 3.8) is 0 Å². The number of esters is 1. The van der Waals surface area contributed by atoms with Gasteiger partial charge in [0.15, 0.2) is 5.82 Å². The molecule has 0 amide bonds. The average molecular weight is 267 g/mol. The Morgan fingerprint density at radius 3 is 3.06 bits per heavy atom. The number of ether oxygens (including phenoxy) is 1. The van der Waals surface area contributed by atoms with Crippen LogP contribution < -0.4 is 5.73 Å². The molecule has 0 aliphatic rings. The molecule has 1 aromatic carbocycles. The summed E-state index contributed by atoms with van der Waals surface area (Å²) >= 11 is 5.90. The summed E-state index contributed by atoms with van der Waals surface area (Å²) in [6.07, 6.45) is 0. The molecule has 2 aromatic rings. The number of aromatic nitrogens is 3. The molecule has 0 radical (unpaired) electrons. The van der Waals surface area contributed by atoms with Crippen molar-refractivity contribution in [2.75, 3.05) is 12.3 Å². The first kappa shape index (κ1) is 12.4. The fraction of sp³-hybridized carbons (Fsp3) is 0.182. The Morgan fingerprint density at radius 1 is 1.56 bits per heavy atom. The lowest BCUT2D eigenvalue weighted by Gasteiger charge is -2.02. The average Bonchev–Trinajstić information content (AvgIpc) is 2.82. The third-order valence-corrected chi connectivity index (χ3v) is 2.58. The number of carbonyl (C=O) groups excluding carboxylic acids is 1. The summed E-state index contributed by atoms with van der Waals surface area (Å²) < 4.78 is 4.80. The van der Waals surface area contributed by atoms with E-state index in [1.165, 1.54) is 0 Å². The van der Waals surface area contributed by atoms with E-state index in [4.69, 9.17) is 22.1 Å². The number of aromatic amines is 1. The summed E-state index contributed by atoms with van der Waals surface area (Å²) in [5, 5.41) is 6.83. The minimum Gasteiger partial charge on any atom is -0.460 e. The van der Waals surface area contributed by atoms with Crippen LogP contribution in [0.2, 0.25) is 5.02 Å². The molecular weight excluding hydrogens is 256 g/mol. The number of hydrogen-bond donors (Lipinski definition) is 2. The van der Waals surface area contributed by atoms with Gasteiger partial charge >= 0.3 is 5.97 Å². The number of para-hydroxylation sites is 1. The van der Waals surface area contributed by atoms with E-state index < -0.39 is 5.97 Å². The predicted molar refractivity (Wildman–Crippen MR) is 67.2 cm³/mol. The molecule has 0 aliphatic carbocycles. The largest absolute Gasteiger partial charge is 0.460 e. The van der Waals surface area contributed by atoms with Crippen molar-refractivity contribution in [1.82, 2.24) is 15.2 Å². The van der Waals surface area contributed by atoms with E-state index >= 15 is 0 Å². The maximum Gasteiger partial charge on any atom is 0.375 e. The van der Waals surface area contributed by atoms with Crippen LogP contribution in [0.3, 0.4) is 0 Å². The van der Waals surface area contributed by atoms with Gasteiger partial charge in [0, 0.05) is 5.56 Å². The van der Waals surface area contributed by atoms with Crippen molar-refractivity contribution in [1.29, 1.82) is 0 Å². The molecule has 0 unspecified atom stereocenters. The highest BCUT2D eigenvalue weighted by atomic mass is 35.5. The van der Waals surface area contributed by atoms with Crippen molar-refractivity contribution in [2.45, 2.75) is 6.92 Å². The minimum atomic E-state index is -0.558. The molecule has 0 aliphatic heterocycles. The lowest BCUT2D eigenvalue weighted by Crippen LogP contribution is -2.06. The van der Waals surface area contributed by atoms with E-state index in [1.807, 2.05) is 0 Å². The third-order valence-electron chi connectivity index (χ3n) is 2.25. The normalized spacial score (nSPS) is 10.3. The number of nitrogen functional groups attached to an aromatic ring is 1. The van der Waals surface area contributed by atoms with Gasteiger partial charge in [-0.05, 0) is 19.1 Å². The summed E-state index contributed by atoms with van der Waals surface area (Å²) in [5.74, 6) is -0.221. The van der Waals surface area contributed by atoms with Gasteiger partial charge in [-0.15, -0.1) is 0 Å². The van der Waals surface area contributed by atoms with E-state index in [9.17, 15) is 4.79 Å².